The predicted octanol–water partition coefficient (Wildman–Crippen LogP) is 1.50. The van der Waals surface area contributed by atoms with Crippen LogP contribution in [0.1, 0.15) is 30.3 Å². The summed E-state index contributed by atoms with van der Waals surface area (Å²) in [4.78, 5) is 37.2. The molecule has 148 valence electrons. The lowest BCUT2D eigenvalue weighted by Gasteiger charge is -2.21. The number of aromatic nitrogens is 2. The summed E-state index contributed by atoms with van der Waals surface area (Å²) in [6.45, 7) is 1.82. The second-order valence-electron chi connectivity index (χ2n) is 6.21. The first-order chi connectivity index (χ1) is 13.5. The van der Waals surface area contributed by atoms with Crippen molar-refractivity contribution < 1.29 is 29.0 Å². The van der Waals surface area contributed by atoms with Gasteiger partial charge in [0.05, 0.1) is 18.5 Å². The van der Waals surface area contributed by atoms with Gasteiger partial charge in [0.2, 0.25) is 5.69 Å². The van der Waals surface area contributed by atoms with Crippen molar-refractivity contribution in [3.63, 3.8) is 0 Å². The first-order valence-electron chi connectivity index (χ1n) is 8.98. The third-order valence-corrected chi connectivity index (χ3v) is 4.38. The van der Waals surface area contributed by atoms with Crippen LogP contribution in [0.5, 0.6) is 5.75 Å². The number of aliphatic carboxylic acids is 1. The number of nitrogens with zero attached hydrogens (tertiary/aromatic N) is 3. The van der Waals surface area contributed by atoms with Crippen molar-refractivity contribution >= 4 is 17.8 Å². The Morgan fingerprint density at radius 2 is 2.00 bits per heavy atom. The standard InChI is InChI=1S/C19H21N3O6/c1-2-27-19(26)17-15(11-22(20-17)13-7-4-3-5-8-13)28-12-16(23)21-10-6-9-14(21)18(24)25/h3-5,7-8,11,14H,2,6,9-10,12H2,1H3,(H,24,25)/t14-/m0/s1. The van der Waals surface area contributed by atoms with Gasteiger partial charge < -0.3 is 19.5 Å². The average Bonchev–Trinajstić information content (AvgIpc) is 3.34. The zero-order valence-electron chi connectivity index (χ0n) is 15.4. The maximum absolute atomic E-state index is 12.4. The van der Waals surface area contributed by atoms with Gasteiger partial charge in [-0.3, -0.25) is 4.79 Å². The van der Waals surface area contributed by atoms with Crippen LogP contribution in [0.15, 0.2) is 36.5 Å². The highest BCUT2D eigenvalue weighted by molar-refractivity contribution is 5.90. The van der Waals surface area contributed by atoms with Gasteiger partial charge in [-0.05, 0) is 31.9 Å². The first-order valence-corrected chi connectivity index (χ1v) is 8.98. The van der Waals surface area contributed by atoms with Gasteiger partial charge >= 0.3 is 11.9 Å². The van der Waals surface area contributed by atoms with Crippen molar-refractivity contribution in [2.45, 2.75) is 25.8 Å². The highest BCUT2D eigenvalue weighted by Gasteiger charge is 2.34. The Labute approximate surface area is 161 Å². The molecule has 1 aliphatic rings. The monoisotopic (exact) mass is 387 g/mol. The molecule has 3 rings (SSSR count). The SMILES string of the molecule is CCOC(=O)c1nn(-c2ccccc2)cc1OCC(=O)N1CCC[C@H]1C(=O)O. The largest absolute Gasteiger partial charge is 0.480 e. The number of carboxylic acids is 1. The number of rotatable bonds is 7. The molecule has 1 fully saturated rings. The van der Waals surface area contributed by atoms with E-state index in [0.29, 0.717) is 25.1 Å². The Hall–Kier alpha value is -3.36. The first kappa shape index (κ1) is 19.4. The smallest absolute Gasteiger partial charge is 0.362 e. The van der Waals surface area contributed by atoms with Crippen LogP contribution in [-0.4, -0.2) is 63.4 Å². The lowest BCUT2D eigenvalue weighted by Crippen LogP contribution is -2.42. The van der Waals surface area contributed by atoms with Gasteiger partial charge in [-0.1, -0.05) is 18.2 Å². The lowest BCUT2D eigenvalue weighted by atomic mass is 10.2. The van der Waals surface area contributed by atoms with Crippen LogP contribution in [0.2, 0.25) is 0 Å². The number of hydrogen-bond acceptors (Lipinski definition) is 6. The number of carbonyl (C=O) groups excluding carboxylic acids is 2. The second kappa shape index (κ2) is 8.55. The molecule has 0 bridgehead atoms. The molecule has 0 radical (unpaired) electrons. The van der Waals surface area contributed by atoms with Gasteiger partial charge in [0.25, 0.3) is 5.91 Å². The molecule has 0 aliphatic carbocycles. The van der Waals surface area contributed by atoms with Crippen LogP contribution in [0.3, 0.4) is 0 Å². The van der Waals surface area contributed by atoms with E-state index in [4.69, 9.17) is 9.47 Å². The van der Waals surface area contributed by atoms with E-state index in [-0.39, 0.29) is 18.1 Å². The van der Waals surface area contributed by atoms with E-state index in [1.807, 2.05) is 18.2 Å². The molecule has 2 aromatic rings. The van der Waals surface area contributed by atoms with Crippen molar-refractivity contribution in [2.75, 3.05) is 19.8 Å². The Balaban J connectivity index is 1.78. The number of likely N-dealkylation sites (tertiary alicyclic amines) is 1. The number of para-hydroxylation sites is 1. The topological polar surface area (TPSA) is 111 Å². The lowest BCUT2D eigenvalue weighted by molar-refractivity contribution is -0.148. The molecule has 1 aromatic heterocycles. The number of carbonyl (C=O) groups is 3. The fraction of sp³-hybridized carbons (Fsp3) is 0.368. The third kappa shape index (κ3) is 4.13. The summed E-state index contributed by atoms with van der Waals surface area (Å²) in [6.07, 6.45) is 2.54. The van der Waals surface area contributed by atoms with E-state index in [1.54, 1.807) is 19.1 Å². The summed E-state index contributed by atoms with van der Waals surface area (Å²) < 4.78 is 12.0. The Morgan fingerprint density at radius 3 is 2.68 bits per heavy atom. The van der Waals surface area contributed by atoms with E-state index < -0.39 is 30.5 Å². The number of esters is 1. The van der Waals surface area contributed by atoms with E-state index in [0.717, 1.165) is 0 Å². The highest BCUT2D eigenvalue weighted by atomic mass is 16.5. The predicted molar refractivity (Wildman–Crippen MR) is 97.4 cm³/mol. The molecule has 1 aliphatic heterocycles. The maximum Gasteiger partial charge on any atom is 0.362 e. The van der Waals surface area contributed by atoms with Crippen LogP contribution in [-0.2, 0) is 14.3 Å². The zero-order chi connectivity index (χ0) is 20.1. The molecule has 28 heavy (non-hydrogen) atoms. The van der Waals surface area contributed by atoms with Crippen molar-refractivity contribution in [2.24, 2.45) is 0 Å². The van der Waals surface area contributed by atoms with E-state index in [9.17, 15) is 19.5 Å². The molecule has 1 N–H and O–H groups in total. The number of ether oxygens (including phenoxy) is 2. The normalized spacial score (nSPS) is 16.0. The highest BCUT2D eigenvalue weighted by Crippen LogP contribution is 2.22. The van der Waals surface area contributed by atoms with Crippen LogP contribution in [0.4, 0.5) is 0 Å². The van der Waals surface area contributed by atoms with Crippen molar-refractivity contribution in [3.05, 3.63) is 42.2 Å². The Kier molecular flexibility index (Phi) is 5.93. The van der Waals surface area contributed by atoms with Gasteiger partial charge in [0, 0.05) is 6.54 Å². The van der Waals surface area contributed by atoms with Crippen LogP contribution < -0.4 is 4.74 Å². The minimum absolute atomic E-state index is 0.0466. The van der Waals surface area contributed by atoms with Crippen LogP contribution in [0, 0.1) is 0 Å². The summed E-state index contributed by atoms with van der Waals surface area (Å²) in [7, 11) is 0. The number of benzene rings is 1. The van der Waals surface area contributed by atoms with Crippen LogP contribution >= 0.6 is 0 Å². The second-order valence-corrected chi connectivity index (χ2v) is 6.21. The molecule has 0 unspecified atom stereocenters. The summed E-state index contributed by atoms with van der Waals surface area (Å²) in [5, 5.41) is 13.4. The van der Waals surface area contributed by atoms with Crippen molar-refractivity contribution in [1.29, 1.82) is 0 Å². The summed E-state index contributed by atoms with van der Waals surface area (Å²) in [5.41, 5.74) is 0.661. The molecule has 0 saturated carbocycles. The van der Waals surface area contributed by atoms with Gasteiger partial charge in [-0.15, -0.1) is 0 Å². The molecule has 9 nitrogen and oxygen atoms in total. The molecular formula is C19H21N3O6. The minimum Gasteiger partial charge on any atom is -0.480 e. The van der Waals surface area contributed by atoms with Gasteiger partial charge in [0.15, 0.2) is 12.4 Å². The molecule has 1 atom stereocenters. The third-order valence-electron chi connectivity index (χ3n) is 4.38. The van der Waals surface area contributed by atoms with Crippen LogP contribution in [0.25, 0.3) is 5.69 Å². The Bertz CT molecular complexity index is 864. The van der Waals surface area contributed by atoms with Crippen molar-refractivity contribution in [3.8, 4) is 11.4 Å². The molecule has 1 amide bonds. The quantitative estimate of drug-likeness (QED) is 0.717. The summed E-state index contributed by atoms with van der Waals surface area (Å²) in [5.74, 6) is -2.05. The number of carboxylic acid groups (broad SMARTS) is 1. The van der Waals surface area contributed by atoms with E-state index >= 15 is 0 Å². The van der Waals surface area contributed by atoms with Gasteiger partial charge in [0.1, 0.15) is 6.04 Å². The Morgan fingerprint density at radius 1 is 1.25 bits per heavy atom. The zero-order valence-corrected chi connectivity index (χ0v) is 15.4. The number of hydrogen-bond donors (Lipinski definition) is 1. The fourth-order valence-corrected chi connectivity index (χ4v) is 3.06. The number of amides is 1. The van der Waals surface area contributed by atoms with Gasteiger partial charge in [-0.25, -0.2) is 14.3 Å². The molecular weight excluding hydrogens is 366 g/mol. The molecule has 0 spiro atoms. The molecule has 2 heterocycles. The average molecular weight is 387 g/mol. The molecule has 1 saturated heterocycles. The van der Waals surface area contributed by atoms with E-state index in [2.05, 4.69) is 5.10 Å². The fourth-order valence-electron chi connectivity index (χ4n) is 3.06. The minimum atomic E-state index is -1.03. The summed E-state index contributed by atoms with van der Waals surface area (Å²) >= 11 is 0. The van der Waals surface area contributed by atoms with Crippen molar-refractivity contribution in [1.82, 2.24) is 14.7 Å². The summed E-state index contributed by atoms with van der Waals surface area (Å²) in [6, 6.07) is 8.27. The maximum atomic E-state index is 12.4. The molecule has 1 aromatic carbocycles. The van der Waals surface area contributed by atoms with E-state index in [1.165, 1.54) is 15.8 Å². The molecule has 9 heteroatoms. The van der Waals surface area contributed by atoms with Gasteiger partial charge in [-0.2, -0.15) is 5.10 Å².